The summed E-state index contributed by atoms with van der Waals surface area (Å²) < 4.78 is 14.3. The molecule has 4 aromatic rings. The summed E-state index contributed by atoms with van der Waals surface area (Å²) in [5, 5.41) is 3.89. The van der Waals surface area contributed by atoms with Gasteiger partial charge in [0.15, 0.2) is 10.9 Å². The number of benzene rings is 3. The van der Waals surface area contributed by atoms with Crippen LogP contribution in [0.5, 0.6) is 0 Å². The standard InChI is InChI=1S/C27H25FN4O2S/c28-22-10-11-23-24(18-22)35-27(30-23)32-16-14-31(15-17-32)13-12-29-26(34)21-8-6-20(7-9-21)25(33)19-4-2-1-3-5-19/h1-11,18H,12-17H2,(H,29,34). The van der Waals surface area contributed by atoms with Crippen LogP contribution in [0.15, 0.2) is 72.8 Å². The SMILES string of the molecule is O=C(NCCN1CCN(c2nc3ccc(F)cc3s2)CC1)c1ccc(C(=O)c2ccccc2)cc1. The van der Waals surface area contributed by atoms with E-state index < -0.39 is 0 Å². The monoisotopic (exact) mass is 488 g/mol. The zero-order valence-corrected chi connectivity index (χ0v) is 19.9. The molecule has 0 bridgehead atoms. The van der Waals surface area contributed by atoms with E-state index in [1.807, 2.05) is 18.2 Å². The zero-order valence-electron chi connectivity index (χ0n) is 19.1. The van der Waals surface area contributed by atoms with E-state index in [1.54, 1.807) is 42.5 Å². The van der Waals surface area contributed by atoms with Crippen LogP contribution in [0.25, 0.3) is 10.2 Å². The van der Waals surface area contributed by atoms with Gasteiger partial charge in [0.25, 0.3) is 5.91 Å². The predicted octanol–water partition coefficient (Wildman–Crippen LogP) is 4.22. The second-order valence-corrected chi connectivity index (χ2v) is 9.47. The highest BCUT2D eigenvalue weighted by molar-refractivity contribution is 7.22. The molecule has 1 fully saturated rings. The van der Waals surface area contributed by atoms with Gasteiger partial charge in [-0.1, -0.05) is 53.8 Å². The normalized spacial score (nSPS) is 14.3. The molecule has 1 amide bonds. The van der Waals surface area contributed by atoms with Crippen LogP contribution in [0.1, 0.15) is 26.3 Å². The Balaban J connectivity index is 1.08. The number of hydrogen-bond donors (Lipinski definition) is 1. The van der Waals surface area contributed by atoms with Crippen molar-refractivity contribution >= 4 is 38.4 Å². The fourth-order valence-electron chi connectivity index (χ4n) is 4.14. The van der Waals surface area contributed by atoms with Crippen molar-refractivity contribution in [1.82, 2.24) is 15.2 Å². The number of ketones is 1. The highest BCUT2D eigenvalue weighted by Crippen LogP contribution is 2.29. The first-order valence-electron chi connectivity index (χ1n) is 11.6. The van der Waals surface area contributed by atoms with Crippen molar-refractivity contribution in [2.24, 2.45) is 0 Å². The summed E-state index contributed by atoms with van der Waals surface area (Å²) in [4.78, 5) is 34.2. The van der Waals surface area contributed by atoms with Crippen molar-refractivity contribution in [1.29, 1.82) is 0 Å². The van der Waals surface area contributed by atoms with Crippen LogP contribution in [0.4, 0.5) is 9.52 Å². The largest absolute Gasteiger partial charge is 0.351 e. The summed E-state index contributed by atoms with van der Waals surface area (Å²) in [5.74, 6) is -0.449. The third-order valence-electron chi connectivity index (χ3n) is 6.14. The van der Waals surface area contributed by atoms with Gasteiger partial charge >= 0.3 is 0 Å². The first-order chi connectivity index (χ1) is 17.1. The number of halogens is 1. The molecular weight excluding hydrogens is 463 g/mol. The number of hydrogen-bond acceptors (Lipinski definition) is 6. The van der Waals surface area contributed by atoms with Crippen molar-refractivity contribution in [3.63, 3.8) is 0 Å². The van der Waals surface area contributed by atoms with Gasteiger partial charge in [-0.05, 0) is 30.3 Å². The lowest BCUT2D eigenvalue weighted by Gasteiger charge is -2.34. The Kier molecular flexibility index (Phi) is 6.83. The quantitative estimate of drug-likeness (QED) is 0.395. The molecule has 35 heavy (non-hydrogen) atoms. The van der Waals surface area contributed by atoms with Gasteiger partial charge in [-0.2, -0.15) is 0 Å². The minimum absolute atomic E-state index is 0.0605. The number of nitrogens with one attached hydrogen (secondary N) is 1. The van der Waals surface area contributed by atoms with Gasteiger partial charge in [-0.3, -0.25) is 14.5 Å². The van der Waals surface area contributed by atoms with Crippen molar-refractivity contribution in [2.45, 2.75) is 0 Å². The molecule has 1 aliphatic rings. The number of carbonyl (C=O) groups excluding carboxylic acids is 2. The van der Waals surface area contributed by atoms with E-state index in [9.17, 15) is 14.0 Å². The van der Waals surface area contributed by atoms with Crippen LogP contribution < -0.4 is 10.2 Å². The van der Waals surface area contributed by atoms with E-state index in [2.05, 4.69) is 20.1 Å². The number of nitrogens with zero attached hydrogens (tertiary/aromatic N) is 3. The second-order valence-electron chi connectivity index (χ2n) is 8.47. The number of amides is 1. The van der Waals surface area contributed by atoms with Crippen molar-refractivity contribution in [2.75, 3.05) is 44.2 Å². The Hall–Kier alpha value is -3.62. The van der Waals surface area contributed by atoms with E-state index in [0.717, 1.165) is 48.1 Å². The van der Waals surface area contributed by atoms with Crippen LogP contribution >= 0.6 is 11.3 Å². The van der Waals surface area contributed by atoms with Crippen LogP contribution in [0, 0.1) is 5.82 Å². The molecule has 1 aromatic heterocycles. The van der Waals surface area contributed by atoms with E-state index >= 15 is 0 Å². The molecule has 0 radical (unpaired) electrons. The smallest absolute Gasteiger partial charge is 0.251 e. The molecule has 0 unspecified atom stereocenters. The number of thiazole rings is 1. The van der Waals surface area contributed by atoms with Gasteiger partial charge in [-0.15, -0.1) is 0 Å². The Morgan fingerprint density at radius 3 is 2.31 bits per heavy atom. The van der Waals surface area contributed by atoms with Gasteiger partial charge in [0.05, 0.1) is 10.2 Å². The Bertz CT molecular complexity index is 1330. The Labute approximate surface area is 207 Å². The molecule has 8 heteroatoms. The van der Waals surface area contributed by atoms with Gasteiger partial charge in [0.2, 0.25) is 0 Å². The van der Waals surface area contributed by atoms with Gasteiger partial charge < -0.3 is 10.2 Å². The minimum atomic E-state index is -0.240. The summed E-state index contributed by atoms with van der Waals surface area (Å²) in [6, 6.07) is 20.6. The number of aromatic nitrogens is 1. The Morgan fingerprint density at radius 1 is 0.886 bits per heavy atom. The first kappa shape index (κ1) is 23.1. The van der Waals surface area contributed by atoms with Crippen LogP contribution in [0.3, 0.4) is 0 Å². The number of anilines is 1. The molecule has 5 rings (SSSR count). The number of fused-ring (bicyclic) bond motifs is 1. The first-order valence-corrected chi connectivity index (χ1v) is 12.4. The highest BCUT2D eigenvalue weighted by atomic mass is 32.1. The number of carbonyl (C=O) groups is 2. The van der Waals surface area contributed by atoms with Crippen LogP contribution in [-0.2, 0) is 0 Å². The predicted molar refractivity (Wildman–Crippen MR) is 137 cm³/mol. The summed E-state index contributed by atoms with van der Waals surface area (Å²) >= 11 is 1.52. The number of piperazine rings is 1. The molecule has 1 aliphatic heterocycles. The fraction of sp³-hybridized carbons (Fsp3) is 0.222. The van der Waals surface area contributed by atoms with Crippen molar-refractivity contribution in [3.05, 3.63) is 95.3 Å². The molecular formula is C27H25FN4O2S. The lowest BCUT2D eigenvalue weighted by Crippen LogP contribution is -2.48. The molecule has 3 aromatic carbocycles. The van der Waals surface area contributed by atoms with Crippen molar-refractivity contribution < 1.29 is 14.0 Å². The topological polar surface area (TPSA) is 65.5 Å². The Morgan fingerprint density at radius 2 is 1.57 bits per heavy atom. The maximum absolute atomic E-state index is 13.5. The molecule has 1 saturated heterocycles. The number of rotatable bonds is 7. The lowest BCUT2D eigenvalue weighted by atomic mass is 10.0. The molecule has 6 nitrogen and oxygen atoms in total. The third kappa shape index (κ3) is 5.39. The van der Waals surface area contributed by atoms with Gasteiger partial charge in [0, 0.05) is 56.0 Å². The average molecular weight is 489 g/mol. The summed E-state index contributed by atoms with van der Waals surface area (Å²) in [6.07, 6.45) is 0. The van der Waals surface area contributed by atoms with Crippen molar-refractivity contribution in [3.8, 4) is 0 Å². The van der Waals surface area contributed by atoms with E-state index in [0.29, 0.717) is 23.2 Å². The average Bonchev–Trinajstić information content (AvgIpc) is 3.32. The van der Waals surface area contributed by atoms with Gasteiger partial charge in [-0.25, -0.2) is 9.37 Å². The van der Waals surface area contributed by atoms with Crippen LogP contribution in [-0.4, -0.2) is 60.8 Å². The summed E-state index contributed by atoms with van der Waals surface area (Å²) in [7, 11) is 0. The summed E-state index contributed by atoms with van der Waals surface area (Å²) in [6.45, 7) is 4.73. The molecule has 0 saturated carbocycles. The maximum Gasteiger partial charge on any atom is 0.251 e. The van der Waals surface area contributed by atoms with E-state index in [4.69, 9.17) is 0 Å². The molecule has 2 heterocycles. The van der Waals surface area contributed by atoms with Crippen LogP contribution in [0.2, 0.25) is 0 Å². The zero-order chi connectivity index (χ0) is 24.2. The second kappa shape index (κ2) is 10.3. The summed E-state index contributed by atoms with van der Waals surface area (Å²) in [5.41, 5.74) is 2.55. The third-order valence-corrected chi connectivity index (χ3v) is 7.22. The van der Waals surface area contributed by atoms with Gasteiger partial charge in [0.1, 0.15) is 5.82 Å². The molecule has 178 valence electrons. The highest BCUT2D eigenvalue weighted by Gasteiger charge is 2.20. The maximum atomic E-state index is 13.5. The molecule has 0 aliphatic carbocycles. The lowest BCUT2D eigenvalue weighted by molar-refractivity contribution is 0.0946. The fourth-order valence-corrected chi connectivity index (χ4v) is 5.19. The minimum Gasteiger partial charge on any atom is -0.351 e. The molecule has 0 spiro atoms. The molecule has 0 atom stereocenters. The van der Waals surface area contributed by atoms with E-state index in [-0.39, 0.29) is 17.5 Å². The van der Waals surface area contributed by atoms with E-state index in [1.165, 1.54) is 23.5 Å². The molecule has 1 N–H and O–H groups in total.